The fourth-order valence-corrected chi connectivity index (χ4v) is 6.72. The van der Waals surface area contributed by atoms with Crippen molar-refractivity contribution in [3.63, 3.8) is 0 Å². The number of aromatic amines is 2. The SMILES string of the molecule is CC(C)(C)OC(=O)N1C[C@@H](F)C[C@H]1c1nc2ccc(-c3ccc(-c4ccc5nc([C@@H]6C[C@H](F)CN6C(=O)OC(C)(C)C)[nH]c5c4)cc3)cc2[nH]1. The fourth-order valence-electron chi connectivity index (χ4n) is 6.72. The van der Waals surface area contributed by atoms with Gasteiger partial charge < -0.3 is 19.4 Å². The molecule has 5 aromatic rings. The third kappa shape index (κ3) is 6.88. The standard InChI is InChI=1S/C38H42F2N6O4/c1-37(2,3)49-35(47)45-19-25(39)17-31(45)33-41-27-13-11-23(15-29(27)43-33)21-7-9-22(10-8-21)24-12-14-28-30(16-24)44-34(42-28)32-18-26(40)20-46(32)36(48)50-38(4,5)6/h7-16,25-26,31-32H,17-20H2,1-6H3,(H,41,43)(H,42,44)/t25-,26-,31-,32-/m0/s1. The van der Waals surface area contributed by atoms with E-state index in [1.165, 1.54) is 9.80 Å². The Morgan fingerprint density at radius 1 is 0.640 bits per heavy atom. The van der Waals surface area contributed by atoms with Crippen molar-refractivity contribution in [3.05, 3.63) is 72.3 Å². The number of carbonyl (C=O) groups excluding carboxylic acids is 2. The van der Waals surface area contributed by atoms with Crippen molar-refractivity contribution >= 4 is 34.3 Å². The molecule has 4 heterocycles. The smallest absolute Gasteiger partial charge is 0.411 e. The molecule has 2 saturated heterocycles. The molecule has 0 spiro atoms. The van der Waals surface area contributed by atoms with Gasteiger partial charge in [-0.2, -0.15) is 0 Å². The van der Waals surface area contributed by atoms with Crippen LogP contribution in [0.3, 0.4) is 0 Å². The summed E-state index contributed by atoms with van der Waals surface area (Å²) >= 11 is 0. The highest BCUT2D eigenvalue weighted by molar-refractivity contribution is 5.85. The zero-order chi connectivity index (χ0) is 35.5. The predicted octanol–water partition coefficient (Wildman–Crippen LogP) is 8.81. The Morgan fingerprint density at radius 3 is 1.36 bits per heavy atom. The third-order valence-corrected chi connectivity index (χ3v) is 8.94. The second kappa shape index (κ2) is 12.4. The summed E-state index contributed by atoms with van der Waals surface area (Å²) in [6.07, 6.45) is -3.10. The number of rotatable bonds is 4. The number of nitrogens with one attached hydrogen (secondary N) is 2. The molecule has 12 heteroatoms. The molecule has 2 aromatic heterocycles. The molecule has 3 aromatic carbocycles. The van der Waals surface area contributed by atoms with E-state index in [0.29, 0.717) is 11.6 Å². The summed E-state index contributed by atoms with van der Waals surface area (Å²) in [5.41, 5.74) is 5.62. The van der Waals surface area contributed by atoms with Gasteiger partial charge >= 0.3 is 12.2 Å². The molecular formula is C38H42F2N6O4. The second-order valence-corrected chi connectivity index (χ2v) is 15.2. The minimum absolute atomic E-state index is 0.0323. The van der Waals surface area contributed by atoms with Gasteiger partial charge in [0.15, 0.2) is 0 Å². The Labute approximate surface area is 289 Å². The summed E-state index contributed by atoms with van der Waals surface area (Å²) in [5.74, 6) is 1.07. The maximum absolute atomic E-state index is 14.5. The normalized spacial score (nSPS) is 21.4. The third-order valence-electron chi connectivity index (χ3n) is 8.94. The molecule has 0 radical (unpaired) electrons. The lowest BCUT2D eigenvalue weighted by molar-refractivity contribution is 0.0201. The van der Waals surface area contributed by atoms with E-state index in [1.807, 2.05) is 60.7 Å². The molecule has 2 aliphatic rings. The minimum Gasteiger partial charge on any atom is -0.444 e. The average molecular weight is 685 g/mol. The molecule has 10 nitrogen and oxygen atoms in total. The van der Waals surface area contributed by atoms with Crippen molar-refractivity contribution in [2.24, 2.45) is 0 Å². The monoisotopic (exact) mass is 684 g/mol. The lowest BCUT2D eigenvalue weighted by Crippen LogP contribution is -2.37. The molecule has 0 aliphatic carbocycles. The quantitative estimate of drug-likeness (QED) is 0.196. The predicted molar refractivity (Wildman–Crippen MR) is 187 cm³/mol. The van der Waals surface area contributed by atoms with E-state index in [2.05, 4.69) is 9.97 Å². The Hall–Kier alpha value is -5.00. The number of halogens is 2. The summed E-state index contributed by atoms with van der Waals surface area (Å²) in [6.45, 7) is 10.7. The van der Waals surface area contributed by atoms with Crippen molar-refractivity contribution in [1.82, 2.24) is 29.7 Å². The number of hydrogen-bond acceptors (Lipinski definition) is 6. The van der Waals surface area contributed by atoms with Crippen LogP contribution in [0.25, 0.3) is 44.3 Å². The molecule has 2 N–H and O–H groups in total. The number of imidazole rings is 2. The molecule has 4 atom stereocenters. The Morgan fingerprint density at radius 2 is 1.00 bits per heavy atom. The first-order valence-corrected chi connectivity index (χ1v) is 17.0. The number of carbonyl (C=O) groups is 2. The molecule has 2 amide bonds. The number of H-pyrrole nitrogens is 2. The number of amides is 2. The number of aromatic nitrogens is 4. The number of likely N-dealkylation sites (tertiary alicyclic amines) is 2. The van der Waals surface area contributed by atoms with Crippen molar-refractivity contribution in [3.8, 4) is 22.3 Å². The topological polar surface area (TPSA) is 116 Å². The van der Waals surface area contributed by atoms with Gasteiger partial charge in [-0.3, -0.25) is 9.80 Å². The van der Waals surface area contributed by atoms with E-state index < -0.39 is 47.8 Å². The van der Waals surface area contributed by atoms with E-state index in [0.717, 1.165) is 44.3 Å². The molecule has 50 heavy (non-hydrogen) atoms. The van der Waals surface area contributed by atoms with Crippen LogP contribution in [0.4, 0.5) is 18.4 Å². The first kappa shape index (κ1) is 33.5. The number of nitrogens with zero attached hydrogens (tertiary/aromatic N) is 4. The Kier molecular flexibility index (Phi) is 8.31. The summed E-state index contributed by atoms with van der Waals surface area (Å²) in [5, 5.41) is 0. The molecule has 262 valence electrons. The average Bonchev–Trinajstić information content (AvgIpc) is 3.82. The van der Waals surface area contributed by atoms with Gasteiger partial charge in [0.2, 0.25) is 0 Å². The van der Waals surface area contributed by atoms with Gasteiger partial charge in [0.25, 0.3) is 0 Å². The van der Waals surface area contributed by atoms with Gasteiger partial charge in [-0.15, -0.1) is 0 Å². The molecule has 0 saturated carbocycles. The summed E-state index contributed by atoms with van der Waals surface area (Å²) in [4.78, 5) is 44.6. The number of alkyl halides is 2. The van der Waals surface area contributed by atoms with Gasteiger partial charge in [0.1, 0.15) is 35.2 Å². The van der Waals surface area contributed by atoms with Crippen LogP contribution in [0.5, 0.6) is 0 Å². The van der Waals surface area contributed by atoms with Gasteiger partial charge in [0.05, 0.1) is 47.2 Å². The summed E-state index contributed by atoms with van der Waals surface area (Å²) < 4.78 is 40.1. The maximum atomic E-state index is 14.5. The van der Waals surface area contributed by atoms with Crippen LogP contribution in [0.2, 0.25) is 0 Å². The summed E-state index contributed by atoms with van der Waals surface area (Å²) in [7, 11) is 0. The lowest BCUT2D eigenvalue weighted by atomic mass is 10.00. The zero-order valence-corrected chi connectivity index (χ0v) is 29.1. The molecule has 2 aliphatic heterocycles. The highest BCUT2D eigenvalue weighted by Gasteiger charge is 2.41. The van der Waals surface area contributed by atoms with Crippen LogP contribution in [-0.4, -0.2) is 78.6 Å². The van der Waals surface area contributed by atoms with Crippen molar-refractivity contribution < 1.29 is 27.8 Å². The van der Waals surface area contributed by atoms with Crippen LogP contribution in [0, 0.1) is 0 Å². The highest BCUT2D eigenvalue weighted by atomic mass is 19.1. The molecule has 0 unspecified atom stereocenters. The van der Waals surface area contributed by atoms with Crippen LogP contribution in [0.15, 0.2) is 60.7 Å². The maximum Gasteiger partial charge on any atom is 0.411 e. The molecular weight excluding hydrogens is 642 g/mol. The number of benzene rings is 3. The first-order chi connectivity index (χ1) is 23.6. The van der Waals surface area contributed by atoms with Crippen LogP contribution < -0.4 is 0 Å². The van der Waals surface area contributed by atoms with E-state index in [9.17, 15) is 18.4 Å². The number of hydrogen-bond donors (Lipinski definition) is 2. The zero-order valence-electron chi connectivity index (χ0n) is 29.1. The molecule has 0 bridgehead atoms. The van der Waals surface area contributed by atoms with Gasteiger partial charge in [-0.05, 0) is 88.1 Å². The van der Waals surface area contributed by atoms with Crippen molar-refractivity contribution in [1.29, 1.82) is 0 Å². The Balaban J connectivity index is 1.09. The van der Waals surface area contributed by atoms with Crippen molar-refractivity contribution in [2.75, 3.05) is 13.1 Å². The largest absolute Gasteiger partial charge is 0.444 e. The van der Waals surface area contributed by atoms with Crippen LogP contribution >= 0.6 is 0 Å². The van der Waals surface area contributed by atoms with E-state index in [4.69, 9.17) is 19.4 Å². The summed E-state index contributed by atoms with van der Waals surface area (Å²) in [6, 6.07) is 18.9. The fraction of sp³-hybridized carbons (Fsp3) is 0.421. The second-order valence-electron chi connectivity index (χ2n) is 15.2. The van der Waals surface area contributed by atoms with E-state index in [-0.39, 0.29) is 25.9 Å². The lowest BCUT2D eigenvalue weighted by Gasteiger charge is -2.27. The molecule has 7 rings (SSSR count). The first-order valence-electron chi connectivity index (χ1n) is 17.0. The van der Waals surface area contributed by atoms with Gasteiger partial charge in [-0.25, -0.2) is 28.3 Å². The van der Waals surface area contributed by atoms with Crippen LogP contribution in [0.1, 0.15) is 78.1 Å². The molecule has 2 fully saturated rings. The van der Waals surface area contributed by atoms with Crippen LogP contribution in [-0.2, 0) is 9.47 Å². The van der Waals surface area contributed by atoms with E-state index in [1.54, 1.807) is 41.5 Å². The van der Waals surface area contributed by atoms with Gasteiger partial charge in [-0.1, -0.05) is 36.4 Å². The Bertz CT molecular complexity index is 1910. The number of ether oxygens (including phenoxy) is 2. The number of fused-ring (bicyclic) bond motifs is 2. The van der Waals surface area contributed by atoms with Crippen molar-refractivity contribution in [2.45, 2.75) is 90.0 Å². The van der Waals surface area contributed by atoms with Gasteiger partial charge in [0, 0.05) is 12.8 Å². The highest BCUT2D eigenvalue weighted by Crippen LogP contribution is 2.37. The minimum atomic E-state index is -1.16. The van der Waals surface area contributed by atoms with E-state index >= 15 is 0 Å².